The number of primary amides is 1. The van der Waals surface area contributed by atoms with Crippen LogP contribution in [0.3, 0.4) is 0 Å². The van der Waals surface area contributed by atoms with Crippen LogP contribution in [0.5, 0.6) is 0 Å². The number of benzene rings is 1. The monoisotopic (exact) mass is 346 g/mol. The van der Waals surface area contributed by atoms with Crippen molar-refractivity contribution in [1.82, 2.24) is 19.7 Å². The zero-order chi connectivity index (χ0) is 18.3. The van der Waals surface area contributed by atoms with Crippen LogP contribution in [-0.2, 0) is 4.79 Å². The third-order valence-electron chi connectivity index (χ3n) is 4.47. The van der Waals surface area contributed by atoms with Gasteiger partial charge < -0.3 is 11.1 Å². The molecule has 7 heteroatoms. The Hall–Kier alpha value is -3.48. The van der Waals surface area contributed by atoms with Crippen LogP contribution >= 0.6 is 0 Å². The molecule has 0 fully saturated rings. The molecule has 3 aromatic rings. The van der Waals surface area contributed by atoms with Crippen LogP contribution < -0.4 is 11.1 Å². The highest BCUT2D eigenvalue weighted by Crippen LogP contribution is 2.35. The van der Waals surface area contributed by atoms with Crippen LogP contribution in [-0.4, -0.2) is 25.7 Å². The van der Waals surface area contributed by atoms with Gasteiger partial charge in [0.1, 0.15) is 6.04 Å². The molecule has 1 unspecified atom stereocenters. The number of anilines is 1. The fourth-order valence-corrected chi connectivity index (χ4v) is 3.22. The Balaban J connectivity index is 1.90. The van der Waals surface area contributed by atoms with Crippen molar-refractivity contribution in [3.8, 4) is 11.4 Å². The zero-order valence-electron chi connectivity index (χ0n) is 14.5. The number of carbonyl (C=O) groups is 1. The molecule has 3 heterocycles. The molecule has 1 aliphatic rings. The van der Waals surface area contributed by atoms with E-state index >= 15 is 0 Å². The van der Waals surface area contributed by atoms with Gasteiger partial charge in [0.25, 0.3) is 0 Å². The number of nitrogens with zero attached hydrogens (tertiary/aromatic N) is 4. The van der Waals surface area contributed by atoms with E-state index in [1.165, 1.54) is 0 Å². The third-order valence-corrected chi connectivity index (χ3v) is 4.47. The van der Waals surface area contributed by atoms with Crippen molar-refractivity contribution in [3.63, 3.8) is 0 Å². The number of allylic oxidation sites excluding steroid dienone is 1. The van der Waals surface area contributed by atoms with E-state index in [-0.39, 0.29) is 0 Å². The molecule has 3 N–H and O–H groups in total. The Bertz CT molecular complexity index is 1020. The lowest BCUT2D eigenvalue weighted by Gasteiger charge is -2.26. The second-order valence-electron chi connectivity index (χ2n) is 6.20. The summed E-state index contributed by atoms with van der Waals surface area (Å²) in [5, 5.41) is 7.81. The maximum absolute atomic E-state index is 12.1. The summed E-state index contributed by atoms with van der Waals surface area (Å²) >= 11 is 0. The van der Waals surface area contributed by atoms with Gasteiger partial charge in [-0.25, -0.2) is 4.68 Å². The lowest BCUT2D eigenvalue weighted by atomic mass is 9.99. The zero-order valence-corrected chi connectivity index (χ0v) is 14.5. The minimum absolute atomic E-state index is 0.428. The van der Waals surface area contributed by atoms with Crippen molar-refractivity contribution in [1.29, 1.82) is 0 Å². The largest absolute Gasteiger partial charge is 0.366 e. The molecular formula is C19H18N6O. The predicted octanol–water partition coefficient (Wildman–Crippen LogP) is 2.42. The highest BCUT2D eigenvalue weighted by Gasteiger charge is 2.34. The second-order valence-corrected chi connectivity index (χ2v) is 6.20. The molecule has 0 spiro atoms. The molecular weight excluding hydrogens is 328 g/mol. The van der Waals surface area contributed by atoms with Crippen LogP contribution in [0.2, 0.25) is 0 Å². The van der Waals surface area contributed by atoms with E-state index in [1.54, 1.807) is 10.9 Å². The second kappa shape index (κ2) is 6.11. The molecule has 1 aromatic carbocycles. The van der Waals surface area contributed by atoms with Crippen LogP contribution in [0.4, 0.5) is 5.95 Å². The molecule has 4 rings (SSSR count). The molecule has 1 amide bonds. The van der Waals surface area contributed by atoms with Crippen molar-refractivity contribution in [2.24, 2.45) is 5.73 Å². The van der Waals surface area contributed by atoms with E-state index in [1.807, 2.05) is 56.3 Å². The van der Waals surface area contributed by atoms with Crippen LogP contribution in [0, 0.1) is 6.92 Å². The Morgan fingerprint density at radius 1 is 1.15 bits per heavy atom. The number of aryl methyl sites for hydroxylation is 1. The van der Waals surface area contributed by atoms with Gasteiger partial charge in [0.05, 0.1) is 11.3 Å². The molecule has 7 nitrogen and oxygen atoms in total. The summed E-state index contributed by atoms with van der Waals surface area (Å²) in [5.74, 6) is 0.635. The first-order chi connectivity index (χ1) is 12.6. The molecule has 1 aliphatic heterocycles. The number of nitrogens with two attached hydrogens (primary N) is 1. The van der Waals surface area contributed by atoms with Gasteiger partial charge in [-0.15, -0.1) is 5.10 Å². The van der Waals surface area contributed by atoms with E-state index < -0.39 is 11.9 Å². The third kappa shape index (κ3) is 2.54. The number of amides is 1. The van der Waals surface area contributed by atoms with E-state index in [2.05, 4.69) is 20.4 Å². The molecule has 1 atom stereocenters. The average Bonchev–Trinajstić information content (AvgIpc) is 3.04. The highest BCUT2D eigenvalue weighted by atomic mass is 16.1. The number of hydrogen-bond donors (Lipinski definition) is 2. The summed E-state index contributed by atoms with van der Waals surface area (Å²) in [5.41, 5.74) is 9.44. The Labute approximate surface area is 150 Å². The number of nitrogens with one attached hydrogen (secondary N) is 1. The molecule has 0 saturated carbocycles. The maximum Gasteiger partial charge on any atom is 0.248 e. The minimum atomic E-state index is -0.518. The van der Waals surface area contributed by atoms with Crippen molar-refractivity contribution in [2.45, 2.75) is 19.9 Å². The van der Waals surface area contributed by atoms with Crippen LogP contribution in [0.15, 0.2) is 59.9 Å². The Morgan fingerprint density at radius 3 is 2.62 bits per heavy atom. The lowest BCUT2D eigenvalue weighted by molar-refractivity contribution is -0.115. The van der Waals surface area contributed by atoms with Gasteiger partial charge in [0.15, 0.2) is 5.82 Å². The summed E-state index contributed by atoms with van der Waals surface area (Å²) < 4.78 is 1.68. The fraction of sp³-hybridized carbons (Fsp3) is 0.158. The Kier molecular flexibility index (Phi) is 3.76. The number of rotatable bonds is 3. The van der Waals surface area contributed by atoms with Gasteiger partial charge in [-0.1, -0.05) is 30.3 Å². The summed E-state index contributed by atoms with van der Waals surface area (Å²) in [6, 6.07) is 12.9. The number of hydrogen-bond acceptors (Lipinski definition) is 5. The van der Waals surface area contributed by atoms with Gasteiger partial charge >= 0.3 is 0 Å². The average molecular weight is 346 g/mol. The minimum Gasteiger partial charge on any atom is -0.366 e. The predicted molar refractivity (Wildman–Crippen MR) is 98.1 cm³/mol. The molecule has 130 valence electrons. The van der Waals surface area contributed by atoms with Crippen molar-refractivity contribution in [3.05, 3.63) is 71.2 Å². The van der Waals surface area contributed by atoms with Crippen LogP contribution in [0.1, 0.15) is 24.2 Å². The molecule has 26 heavy (non-hydrogen) atoms. The quantitative estimate of drug-likeness (QED) is 0.759. The Morgan fingerprint density at radius 2 is 1.92 bits per heavy atom. The molecule has 0 radical (unpaired) electrons. The number of pyridine rings is 1. The van der Waals surface area contributed by atoms with E-state index in [9.17, 15) is 4.79 Å². The summed E-state index contributed by atoms with van der Waals surface area (Å²) in [7, 11) is 0. The van der Waals surface area contributed by atoms with Crippen molar-refractivity contribution < 1.29 is 4.79 Å². The first-order valence-electron chi connectivity index (χ1n) is 8.27. The van der Waals surface area contributed by atoms with Crippen molar-refractivity contribution >= 4 is 11.9 Å². The van der Waals surface area contributed by atoms with Crippen LogP contribution in [0.25, 0.3) is 11.4 Å². The highest BCUT2D eigenvalue weighted by molar-refractivity contribution is 5.95. The standard InChI is InChI=1S/C19H18N6O/c1-11-7-3-4-8-13(11)18-23-19-22-12(2)15(17(20)26)16(25(19)24-18)14-9-5-6-10-21-14/h3-10,16H,1-2H3,(H2,20,26)(H,22,23,24). The maximum atomic E-state index is 12.1. The van der Waals surface area contributed by atoms with E-state index in [0.29, 0.717) is 28.7 Å². The molecule has 0 bridgehead atoms. The lowest BCUT2D eigenvalue weighted by Crippen LogP contribution is -2.32. The first kappa shape index (κ1) is 16.0. The van der Waals surface area contributed by atoms with Gasteiger partial charge in [-0.2, -0.15) is 4.98 Å². The van der Waals surface area contributed by atoms with Gasteiger partial charge in [0, 0.05) is 17.5 Å². The number of carbonyl (C=O) groups excluding carboxylic acids is 1. The molecule has 0 saturated heterocycles. The summed E-state index contributed by atoms with van der Waals surface area (Å²) in [6.45, 7) is 3.82. The van der Waals surface area contributed by atoms with Gasteiger partial charge in [-0.3, -0.25) is 9.78 Å². The topological polar surface area (TPSA) is 98.7 Å². The summed E-state index contributed by atoms with van der Waals surface area (Å²) in [4.78, 5) is 21.2. The molecule has 2 aromatic heterocycles. The van der Waals surface area contributed by atoms with E-state index in [0.717, 1.165) is 11.1 Å². The number of fused-ring (bicyclic) bond motifs is 1. The van der Waals surface area contributed by atoms with E-state index in [4.69, 9.17) is 5.73 Å². The van der Waals surface area contributed by atoms with Gasteiger partial charge in [-0.05, 0) is 31.5 Å². The SMILES string of the molecule is CC1=C(C(N)=O)C(c2ccccn2)n2nc(-c3ccccc3C)nc2N1. The summed E-state index contributed by atoms with van der Waals surface area (Å²) in [6.07, 6.45) is 1.68. The molecule has 0 aliphatic carbocycles. The van der Waals surface area contributed by atoms with Gasteiger partial charge in [0.2, 0.25) is 11.9 Å². The normalized spacial score (nSPS) is 16.2. The number of aromatic nitrogens is 4. The smallest absolute Gasteiger partial charge is 0.248 e. The first-order valence-corrected chi connectivity index (χ1v) is 8.27. The fourth-order valence-electron chi connectivity index (χ4n) is 3.22. The van der Waals surface area contributed by atoms with Crippen molar-refractivity contribution in [2.75, 3.05) is 5.32 Å².